The average molecular weight is 486 g/mol. The van der Waals surface area contributed by atoms with Crippen molar-refractivity contribution in [1.82, 2.24) is 0 Å². The summed E-state index contributed by atoms with van der Waals surface area (Å²) in [6.45, 7) is 12.2. The van der Waals surface area contributed by atoms with Crippen LogP contribution in [-0.4, -0.2) is 31.6 Å². The molecule has 0 aromatic heterocycles. The molecule has 2 heterocycles. The van der Waals surface area contributed by atoms with Gasteiger partial charge in [0.05, 0.1) is 37.0 Å². The van der Waals surface area contributed by atoms with Crippen LogP contribution >= 0.6 is 0 Å². The van der Waals surface area contributed by atoms with Crippen LogP contribution in [0.15, 0.2) is 36.4 Å². The van der Waals surface area contributed by atoms with Gasteiger partial charge in [-0.05, 0) is 75.9 Å². The van der Waals surface area contributed by atoms with E-state index in [-0.39, 0.29) is 17.7 Å². The Balaban J connectivity index is 1.72. The minimum absolute atomic E-state index is 0.0541. The maximum Gasteiger partial charge on any atom is 0.266 e. The molecule has 2 amide bonds. The van der Waals surface area contributed by atoms with Crippen molar-refractivity contribution in [1.29, 1.82) is 0 Å². The molecular weight excluding hydrogens is 454 g/mol. The SMILES string of the molecule is COc1cc2c(cc1OC)C(=O)N(c1c(C)c(C)c3c(c1C)C(c1ccc(C)cc1)C(C)(C)O3)C2=O. The minimum atomic E-state index is -0.499. The van der Waals surface area contributed by atoms with E-state index in [1.165, 1.54) is 24.7 Å². The summed E-state index contributed by atoms with van der Waals surface area (Å²) in [6, 6.07) is 11.6. The molecule has 5 rings (SSSR count). The number of amides is 2. The Morgan fingerprint density at radius 1 is 0.806 bits per heavy atom. The number of carbonyl (C=O) groups is 2. The summed E-state index contributed by atoms with van der Waals surface area (Å²) in [5.41, 5.74) is 6.73. The standard InChI is InChI=1S/C30H31NO5/c1-15-9-11-19(12-10-15)25-24-18(4)26(16(2)17(3)27(24)36-30(25,5)6)31-28(32)20-13-22(34-7)23(35-8)14-21(20)29(31)33/h9-14,25H,1-8H3. The molecule has 0 saturated heterocycles. The van der Waals surface area contributed by atoms with E-state index in [2.05, 4.69) is 45.0 Å². The second-order valence-electron chi connectivity index (χ2n) is 10.2. The first kappa shape index (κ1) is 23.9. The highest BCUT2D eigenvalue weighted by molar-refractivity contribution is 6.35. The molecule has 6 heteroatoms. The van der Waals surface area contributed by atoms with Crippen molar-refractivity contribution in [2.24, 2.45) is 0 Å². The van der Waals surface area contributed by atoms with Crippen LogP contribution in [0.2, 0.25) is 0 Å². The molecule has 3 aromatic rings. The zero-order valence-corrected chi connectivity index (χ0v) is 22.0. The van der Waals surface area contributed by atoms with E-state index in [0.717, 1.165) is 33.6 Å². The Kier molecular flexibility index (Phi) is 5.39. The third-order valence-corrected chi connectivity index (χ3v) is 7.64. The van der Waals surface area contributed by atoms with Crippen LogP contribution in [0.5, 0.6) is 17.2 Å². The maximum atomic E-state index is 13.7. The van der Waals surface area contributed by atoms with Crippen LogP contribution in [0, 0.1) is 27.7 Å². The van der Waals surface area contributed by atoms with Crippen LogP contribution < -0.4 is 19.1 Å². The summed E-state index contributed by atoms with van der Waals surface area (Å²) >= 11 is 0. The Labute approximate surface area is 211 Å². The average Bonchev–Trinajstić information content (AvgIpc) is 3.27. The number of hydrogen-bond donors (Lipinski definition) is 0. The predicted octanol–water partition coefficient (Wildman–Crippen LogP) is 6.04. The lowest BCUT2D eigenvalue weighted by Gasteiger charge is -2.28. The monoisotopic (exact) mass is 485 g/mol. The second kappa shape index (κ2) is 8.12. The molecule has 0 bridgehead atoms. The van der Waals surface area contributed by atoms with Crippen LogP contribution in [0.3, 0.4) is 0 Å². The fourth-order valence-electron chi connectivity index (χ4n) is 5.71. The highest BCUT2D eigenvalue weighted by atomic mass is 16.5. The first-order valence-corrected chi connectivity index (χ1v) is 12.1. The van der Waals surface area contributed by atoms with Gasteiger partial charge >= 0.3 is 0 Å². The highest BCUT2D eigenvalue weighted by Crippen LogP contribution is 2.54. The highest BCUT2D eigenvalue weighted by Gasteiger charge is 2.47. The molecule has 0 radical (unpaired) electrons. The topological polar surface area (TPSA) is 65.1 Å². The van der Waals surface area contributed by atoms with Crippen molar-refractivity contribution in [3.05, 3.63) is 80.9 Å². The van der Waals surface area contributed by atoms with E-state index in [9.17, 15) is 9.59 Å². The fourth-order valence-corrected chi connectivity index (χ4v) is 5.71. The number of fused-ring (bicyclic) bond motifs is 2. The van der Waals surface area contributed by atoms with E-state index in [1.54, 1.807) is 12.1 Å². The van der Waals surface area contributed by atoms with Crippen LogP contribution in [-0.2, 0) is 0 Å². The van der Waals surface area contributed by atoms with Gasteiger partial charge in [-0.15, -0.1) is 0 Å². The minimum Gasteiger partial charge on any atom is -0.493 e. The molecule has 3 aromatic carbocycles. The Bertz CT molecular complexity index is 1390. The number of benzene rings is 3. The number of imide groups is 1. The second-order valence-corrected chi connectivity index (χ2v) is 10.2. The molecule has 186 valence electrons. The third-order valence-electron chi connectivity index (χ3n) is 7.64. The van der Waals surface area contributed by atoms with Gasteiger partial charge in [-0.2, -0.15) is 0 Å². The molecule has 0 aliphatic carbocycles. The first-order valence-electron chi connectivity index (χ1n) is 12.1. The molecule has 1 unspecified atom stereocenters. The lowest BCUT2D eigenvalue weighted by Crippen LogP contribution is -2.32. The number of methoxy groups -OCH3 is 2. The Morgan fingerprint density at radius 3 is 1.83 bits per heavy atom. The summed E-state index contributed by atoms with van der Waals surface area (Å²) in [5.74, 6) is 0.865. The molecule has 0 spiro atoms. The normalized spacial score (nSPS) is 17.7. The van der Waals surface area contributed by atoms with Crippen molar-refractivity contribution >= 4 is 17.5 Å². The fraction of sp³-hybridized carbons (Fsp3) is 0.333. The molecule has 1 atom stereocenters. The quantitative estimate of drug-likeness (QED) is 0.422. The van der Waals surface area contributed by atoms with Gasteiger partial charge in [0.25, 0.3) is 11.8 Å². The summed E-state index contributed by atoms with van der Waals surface area (Å²) in [6.07, 6.45) is 0. The van der Waals surface area contributed by atoms with Crippen LogP contribution in [0.1, 0.15) is 73.9 Å². The molecule has 36 heavy (non-hydrogen) atoms. The van der Waals surface area contributed by atoms with Gasteiger partial charge < -0.3 is 14.2 Å². The van der Waals surface area contributed by atoms with Gasteiger partial charge in [0.15, 0.2) is 11.5 Å². The number of hydrogen-bond acceptors (Lipinski definition) is 5. The number of carbonyl (C=O) groups excluding carboxylic acids is 2. The van der Waals surface area contributed by atoms with Crippen molar-refractivity contribution in [2.45, 2.75) is 53.1 Å². The molecule has 6 nitrogen and oxygen atoms in total. The maximum absolute atomic E-state index is 13.7. The molecule has 2 aliphatic rings. The van der Waals surface area contributed by atoms with Gasteiger partial charge in [0.1, 0.15) is 11.4 Å². The number of nitrogens with zero attached hydrogens (tertiary/aromatic N) is 1. The Hall–Kier alpha value is -3.80. The molecule has 0 saturated carbocycles. The molecule has 2 aliphatic heterocycles. The van der Waals surface area contributed by atoms with Crippen molar-refractivity contribution < 1.29 is 23.8 Å². The van der Waals surface area contributed by atoms with Gasteiger partial charge in [-0.25, -0.2) is 4.90 Å². The Morgan fingerprint density at radius 2 is 1.33 bits per heavy atom. The van der Waals surface area contributed by atoms with E-state index in [4.69, 9.17) is 14.2 Å². The van der Waals surface area contributed by atoms with E-state index in [0.29, 0.717) is 28.3 Å². The molecular formula is C30H31NO5. The first-order chi connectivity index (χ1) is 17.0. The van der Waals surface area contributed by atoms with Crippen LogP contribution in [0.25, 0.3) is 0 Å². The van der Waals surface area contributed by atoms with Crippen molar-refractivity contribution in [3.8, 4) is 17.2 Å². The van der Waals surface area contributed by atoms with E-state index in [1.807, 2.05) is 20.8 Å². The van der Waals surface area contributed by atoms with Gasteiger partial charge in [0.2, 0.25) is 0 Å². The summed E-state index contributed by atoms with van der Waals surface area (Å²) in [5, 5.41) is 0. The third kappa shape index (κ3) is 3.24. The molecule has 0 fully saturated rings. The van der Waals surface area contributed by atoms with Gasteiger partial charge in [-0.3, -0.25) is 9.59 Å². The summed E-state index contributed by atoms with van der Waals surface area (Å²) < 4.78 is 17.3. The number of aryl methyl sites for hydroxylation is 1. The van der Waals surface area contributed by atoms with Crippen molar-refractivity contribution in [2.75, 3.05) is 19.1 Å². The largest absolute Gasteiger partial charge is 0.493 e. The molecule has 0 N–H and O–H groups in total. The lowest BCUT2D eigenvalue weighted by atomic mass is 9.78. The zero-order valence-electron chi connectivity index (χ0n) is 22.0. The van der Waals surface area contributed by atoms with Gasteiger partial charge in [0, 0.05) is 5.56 Å². The smallest absolute Gasteiger partial charge is 0.266 e. The van der Waals surface area contributed by atoms with E-state index < -0.39 is 5.60 Å². The number of ether oxygens (including phenoxy) is 3. The lowest BCUT2D eigenvalue weighted by molar-refractivity contribution is 0.0925. The van der Waals surface area contributed by atoms with Crippen molar-refractivity contribution in [3.63, 3.8) is 0 Å². The summed E-state index contributed by atoms with van der Waals surface area (Å²) in [7, 11) is 3.02. The van der Waals surface area contributed by atoms with Gasteiger partial charge in [-0.1, -0.05) is 29.8 Å². The predicted molar refractivity (Wildman–Crippen MR) is 139 cm³/mol. The van der Waals surface area contributed by atoms with E-state index >= 15 is 0 Å². The number of rotatable bonds is 4. The summed E-state index contributed by atoms with van der Waals surface area (Å²) in [4.78, 5) is 28.7. The van der Waals surface area contributed by atoms with Crippen LogP contribution in [0.4, 0.5) is 5.69 Å². The zero-order chi connectivity index (χ0) is 26.1. The number of anilines is 1.